The lowest BCUT2D eigenvalue weighted by atomic mass is 10.1. The van der Waals surface area contributed by atoms with Crippen molar-refractivity contribution in [3.63, 3.8) is 0 Å². The topological polar surface area (TPSA) is 66.8 Å². The van der Waals surface area contributed by atoms with E-state index in [-0.39, 0.29) is 12.3 Å². The van der Waals surface area contributed by atoms with E-state index in [2.05, 4.69) is 0 Å². The summed E-state index contributed by atoms with van der Waals surface area (Å²) in [6.07, 6.45) is 0.0787. The standard InChI is InChI=1S/C9H15NO4/c1-7(9(12)13)6-8(11)10-2-4-14-5-3-10/h7H,2-6H2,1H3,(H,12,13). The molecule has 0 spiro atoms. The molecule has 0 aromatic rings. The van der Waals surface area contributed by atoms with E-state index in [1.807, 2.05) is 0 Å². The predicted molar refractivity (Wildman–Crippen MR) is 48.8 cm³/mol. The third kappa shape index (κ3) is 2.99. The number of aliphatic carboxylic acids is 1. The smallest absolute Gasteiger partial charge is 0.306 e. The fourth-order valence-corrected chi connectivity index (χ4v) is 1.29. The molecule has 1 atom stereocenters. The highest BCUT2D eigenvalue weighted by atomic mass is 16.5. The van der Waals surface area contributed by atoms with Gasteiger partial charge in [-0.25, -0.2) is 0 Å². The van der Waals surface area contributed by atoms with Crippen LogP contribution in [0.3, 0.4) is 0 Å². The van der Waals surface area contributed by atoms with Crippen molar-refractivity contribution in [3.8, 4) is 0 Å². The van der Waals surface area contributed by atoms with Crippen LogP contribution in [0.4, 0.5) is 0 Å². The zero-order valence-corrected chi connectivity index (χ0v) is 8.23. The lowest BCUT2D eigenvalue weighted by molar-refractivity contribution is -0.146. The maximum absolute atomic E-state index is 11.5. The largest absolute Gasteiger partial charge is 0.481 e. The van der Waals surface area contributed by atoms with Crippen LogP contribution in [-0.4, -0.2) is 48.2 Å². The van der Waals surface area contributed by atoms with Crippen molar-refractivity contribution < 1.29 is 19.4 Å². The van der Waals surface area contributed by atoms with Crippen molar-refractivity contribution in [2.75, 3.05) is 26.3 Å². The maximum Gasteiger partial charge on any atom is 0.306 e. The SMILES string of the molecule is CC(CC(=O)N1CCOCC1)C(=O)O. The summed E-state index contributed by atoms with van der Waals surface area (Å²) in [5, 5.41) is 8.63. The molecule has 0 aromatic carbocycles. The first-order chi connectivity index (χ1) is 6.61. The summed E-state index contributed by atoms with van der Waals surface area (Å²) >= 11 is 0. The second-order valence-electron chi connectivity index (χ2n) is 3.44. The van der Waals surface area contributed by atoms with Crippen molar-refractivity contribution in [1.29, 1.82) is 0 Å². The molecule has 1 unspecified atom stereocenters. The fraction of sp³-hybridized carbons (Fsp3) is 0.778. The molecule has 0 radical (unpaired) electrons. The Balaban J connectivity index is 2.36. The molecular formula is C9H15NO4. The summed E-state index contributed by atoms with van der Waals surface area (Å²) in [5.74, 6) is -1.62. The molecule has 1 aliphatic heterocycles. The average molecular weight is 201 g/mol. The molecule has 5 heteroatoms. The van der Waals surface area contributed by atoms with Crippen molar-refractivity contribution >= 4 is 11.9 Å². The number of carbonyl (C=O) groups excluding carboxylic acids is 1. The monoisotopic (exact) mass is 201 g/mol. The summed E-state index contributed by atoms with van der Waals surface area (Å²) in [6.45, 7) is 3.79. The van der Waals surface area contributed by atoms with Gasteiger partial charge in [0, 0.05) is 19.5 Å². The molecule has 80 valence electrons. The summed E-state index contributed by atoms with van der Waals surface area (Å²) in [7, 11) is 0. The van der Waals surface area contributed by atoms with Crippen molar-refractivity contribution in [1.82, 2.24) is 4.90 Å². The van der Waals surface area contributed by atoms with E-state index < -0.39 is 11.9 Å². The summed E-state index contributed by atoms with van der Waals surface area (Å²) < 4.78 is 5.09. The highest BCUT2D eigenvalue weighted by Gasteiger charge is 2.21. The van der Waals surface area contributed by atoms with Gasteiger partial charge >= 0.3 is 5.97 Å². The van der Waals surface area contributed by atoms with Gasteiger partial charge in [0.05, 0.1) is 19.1 Å². The normalized spacial score (nSPS) is 19.1. The average Bonchev–Trinajstić information content (AvgIpc) is 2.19. The Morgan fingerprint density at radius 2 is 2.00 bits per heavy atom. The molecule has 1 fully saturated rings. The Morgan fingerprint density at radius 3 is 2.50 bits per heavy atom. The van der Waals surface area contributed by atoms with E-state index in [0.29, 0.717) is 26.3 Å². The number of morpholine rings is 1. The van der Waals surface area contributed by atoms with Gasteiger partial charge in [-0.2, -0.15) is 0 Å². The zero-order valence-electron chi connectivity index (χ0n) is 8.23. The lowest BCUT2D eigenvalue weighted by Crippen LogP contribution is -2.41. The molecular weight excluding hydrogens is 186 g/mol. The number of carbonyl (C=O) groups is 2. The molecule has 0 aliphatic carbocycles. The first-order valence-corrected chi connectivity index (χ1v) is 4.69. The van der Waals surface area contributed by atoms with Crippen LogP contribution < -0.4 is 0 Å². The van der Waals surface area contributed by atoms with Gasteiger partial charge in [-0.05, 0) is 0 Å². The van der Waals surface area contributed by atoms with E-state index in [1.165, 1.54) is 0 Å². The van der Waals surface area contributed by atoms with Gasteiger partial charge in [-0.1, -0.05) is 6.92 Å². The van der Waals surface area contributed by atoms with Crippen LogP contribution in [0.25, 0.3) is 0 Å². The number of ether oxygens (including phenoxy) is 1. The maximum atomic E-state index is 11.5. The van der Waals surface area contributed by atoms with E-state index in [1.54, 1.807) is 11.8 Å². The van der Waals surface area contributed by atoms with Crippen LogP contribution in [0.2, 0.25) is 0 Å². The van der Waals surface area contributed by atoms with E-state index in [0.717, 1.165) is 0 Å². The van der Waals surface area contributed by atoms with Crippen molar-refractivity contribution in [2.45, 2.75) is 13.3 Å². The van der Waals surface area contributed by atoms with E-state index in [9.17, 15) is 9.59 Å². The second-order valence-corrected chi connectivity index (χ2v) is 3.44. The van der Waals surface area contributed by atoms with Gasteiger partial charge in [0.15, 0.2) is 0 Å². The van der Waals surface area contributed by atoms with Crippen LogP contribution in [0.15, 0.2) is 0 Å². The third-order valence-electron chi connectivity index (χ3n) is 2.27. The number of carboxylic acids is 1. The Kier molecular flexibility index (Phi) is 3.88. The Bertz CT molecular complexity index is 223. The van der Waals surface area contributed by atoms with Crippen LogP contribution in [0.5, 0.6) is 0 Å². The lowest BCUT2D eigenvalue weighted by Gasteiger charge is -2.27. The number of hydrogen-bond acceptors (Lipinski definition) is 3. The Hall–Kier alpha value is -1.10. The van der Waals surface area contributed by atoms with Gasteiger partial charge in [0.2, 0.25) is 5.91 Å². The number of nitrogens with zero attached hydrogens (tertiary/aromatic N) is 1. The quantitative estimate of drug-likeness (QED) is 0.695. The number of carboxylic acid groups (broad SMARTS) is 1. The van der Waals surface area contributed by atoms with Gasteiger partial charge in [0.25, 0.3) is 0 Å². The van der Waals surface area contributed by atoms with E-state index >= 15 is 0 Å². The van der Waals surface area contributed by atoms with Crippen LogP contribution in [-0.2, 0) is 14.3 Å². The predicted octanol–water partition coefficient (Wildman–Crippen LogP) is -0.0440. The van der Waals surface area contributed by atoms with Crippen LogP contribution in [0, 0.1) is 5.92 Å². The minimum absolute atomic E-state index is 0.0787. The number of amides is 1. The summed E-state index contributed by atoms with van der Waals surface area (Å²) in [6, 6.07) is 0. The number of rotatable bonds is 3. The third-order valence-corrected chi connectivity index (χ3v) is 2.27. The minimum atomic E-state index is -0.924. The van der Waals surface area contributed by atoms with Crippen LogP contribution in [0.1, 0.15) is 13.3 Å². The molecule has 1 heterocycles. The molecule has 14 heavy (non-hydrogen) atoms. The van der Waals surface area contributed by atoms with Crippen molar-refractivity contribution in [2.24, 2.45) is 5.92 Å². The zero-order chi connectivity index (χ0) is 10.6. The first-order valence-electron chi connectivity index (χ1n) is 4.69. The molecule has 1 N–H and O–H groups in total. The minimum Gasteiger partial charge on any atom is -0.481 e. The van der Waals surface area contributed by atoms with Gasteiger partial charge in [-0.3, -0.25) is 9.59 Å². The molecule has 1 amide bonds. The Morgan fingerprint density at radius 1 is 1.43 bits per heavy atom. The molecule has 1 aliphatic rings. The number of hydrogen-bond donors (Lipinski definition) is 1. The molecule has 0 aromatic heterocycles. The molecule has 0 bridgehead atoms. The molecule has 1 saturated heterocycles. The Labute approximate surface area is 82.6 Å². The van der Waals surface area contributed by atoms with Crippen molar-refractivity contribution in [3.05, 3.63) is 0 Å². The fourth-order valence-electron chi connectivity index (χ4n) is 1.29. The first kappa shape index (κ1) is 11.0. The van der Waals surface area contributed by atoms with Gasteiger partial charge in [0.1, 0.15) is 0 Å². The summed E-state index contributed by atoms with van der Waals surface area (Å²) in [4.78, 5) is 23.7. The molecule has 1 rings (SSSR count). The highest BCUT2D eigenvalue weighted by Crippen LogP contribution is 2.07. The van der Waals surface area contributed by atoms with Gasteiger partial charge in [-0.15, -0.1) is 0 Å². The molecule has 0 saturated carbocycles. The second kappa shape index (κ2) is 4.95. The van der Waals surface area contributed by atoms with Crippen LogP contribution >= 0.6 is 0 Å². The summed E-state index contributed by atoms with van der Waals surface area (Å²) in [5.41, 5.74) is 0. The van der Waals surface area contributed by atoms with Gasteiger partial charge < -0.3 is 14.7 Å². The molecule has 5 nitrogen and oxygen atoms in total. The van der Waals surface area contributed by atoms with E-state index in [4.69, 9.17) is 9.84 Å². The highest BCUT2D eigenvalue weighted by molar-refractivity contribution is 5.82.